The van der Waals surface area contributed by atoms with E-state index >= 15 is 0 Å². The molecule has 0 aliphatic heterocycles. The Morgan fingerprint density at radius 3 is 2.50 bits per heavy atom. The highest BCUT2D eigenvalue weighted by Crippen LogP contribution is 2.23. The molecule has 0 spiro atoms. The van der Waals surface area contributed by atoms with Crippen molar-refractivity contribution in [3.8, 4) is 11.5 Å². The predicted octanol–water partition coefficient (Wildman–Crippen LogP) is 3.24. The first-order valence-corrected chi connectivity index (χ1v) is 8.60. The van der Waals surface area contributed by atoms with Crippen LogP contribution in [-0.4, -0.2) is 38.0 Å². The third-order valence-electron chi connectivity index (χ3n) is 3.40. The highest BCUT2D eigenvalue weighted by molar-refractivity contribution is 7.80. The lowest BCUT2D eigenvalue weighted by Crippen LogP contribution is -2.34. The molecule has 0 radical (unpaired) electrons. The first-order valence-electron chi connectivity index (χ1n) is 8.20. The molecule has 0 fully saturated rings. The van der Waals surface area contributed by atoms with Crippen LogP contribution in [0.25, 0.3) is 0 Å². The molecular formula is C19H22N2O4S. The fourth-order valence-electron chi connectivity index (χ4n) is 2.12. The monoisotopic (exact) mass is 374 g/mol. The Morgan fingerprint density at radius 2 is 1.81 bits per heavy atom. The highest BCUT2D eigenvalue weighted by atomic mass is 32.1. The average Bonchev–Trinajstić information content (AvgIpc) is 2.66. The Hall–Kier alpha value is -2.64. The molecule has 0 heterocycles. The number of carbonyl (C=O) groups excluding carboxylic acids is 1. The number of methoxy groups -OCH3 is 1. The molecule has 138 valence electrons. The van der Waals surface area contributed by atoms with E-state index in [0.29, 0.717) is 42.6 Å². The minimum Gasteiger partial charge on any atom is -0.497 e. The quantitative estimate of drug-likeness (QED) is 0.546. The van der Waals surface area contributed by atoms with Gasteiger partial charge < -0.3 is 19.5 Å². The van der Waals surface area contributed by atoms with Gasteiger partial charge in [-0.1, -0.05) is 12.1 Å². The van der Waals surface area contributed by atoms with Gasteiger partial charge >= 0.3 is 0 Å². The van der Waals surface area contributed by atoms with Crippen molar-refractivity contribution in [1.82, 2.24) is 5.32 Å². The summed E-state index contributed by atoms with van der Waals surface area (Å²) in [6, 6.07) is 14.1. The lowest BCUT2D eigenvalue weighted by Gasteiger charge is -2.14. The summed E-state index contributed by atoms with van der Waals surface area (Å²) in [5.41, 5.74) is 1.15. The fourth-order valence-corrected chi connectivity index (χ4v) is 2.32. The molecule has 2 rings (SSSR count). The maximum Gasteiger partial charge on any atom is 0.257 e. The molecule has 0 aliphatic rings. The molecule has 0 aliphatic carbocycles. The van der Waals surface area contributed by atoms with Gasteiger partial charge in [0.1, 0.15) is 18.1 Å². The van der Waals surface area contributed by atoms with Crippen molar-refractivity contribution >= 4 is 28.9 Å². The number of carbonyl (C=O) groups is 1. The first kappa shape index (κ1) is 19.7. The second-order valence-corrected chi connectivity index (χ2v) is 5.59. The third kappa shape index (κ3) is 6.02. The predicted molar refractivity (Wildman–Crippen MR) is 105 cm³/mol. The molecule has 0 saturated heterocycles. The van der Waals surface area contributed by atoms with Gasteiger partial charge in [0.15, 0.2) is 5.11 Å². The number of hydrogen-bond acceptors (Lipinski definition) is 5. The second-order valence-electron chi connectivity index (χ2n) is 5.18. The van der Waals surface area contributed by atoms with Crippen molar-refractivity contribution in [3.05, 3.63) is 54.1 Å². The molecule has 6 nitrogen and oxygen atoms in total. The summed E-state index contributed by atoms with van der Waals surface area (Å²) in [7, 11) is 1.57. The summed E-state index contributed by atoms with van der Waals surface area (Å²) in [5.74, 6) is 1.01. The lowest BCUT2D eigenvalue weighted by atomic mass is 10.2. The van der Waals surface area contributed by atoms with Crippen molar-refractivity contribution in [3.63, 3.8) is 0 Å². The van der Waals surface area contributed by atoms with Gasteiger partial charge in [-0.05, 0) is 55.5 Å². The SMILES string of the molecule is CCOCCOc1ccccc1NC(=S)NC(=O)c1ccc(OC)cc1. The number of benzene rings is 2. The summed E-state index contributed by atoms with van der Waals surface area (Å²) in [6.07, 6.45) is 0. The van der Waals surface area contributed by atoms with Crippen LogP contribution >= 0.6 is 12.2 Å². The average molecular weight is 374 g/mol. The number of hydrogen-bond donors (Lipinski definition) is 2. The van der Waals surface area contributed by atoms with Crippen LogP contribution in [0.1, 0.15) is 17.3 Å². The summed E-state index contributed by atoms with van der Waals surface area (Å²) in [4.78, 5) is 12.2. The first-order chi connectivity index (χ1) is 12.6. The van der Waals surface area contributed by atoms with Crippen molar-refractivity contribution in [2.75, 3.05) is 32.2 Å². The van der Waals surface area contributed by atoms with Gasteiger partial charge in [0.25, 0.3) is 5.91 Å². The number of amides is 1. The zero-order valence-electron chi connectivity index (χ0n) is 14.8. The molecule has 0 unspecified atom stereocenters. The Balaban J connectivity index is 1.93. The standard InChI is InChI=1S/C19H22N2O4S/c1-3-24-12-13-25-17-7-5-4-6-16(17)20-19(26)21-18(22)14-8-10-15(23-2)11-9-14/h4-11H,3,12-13H2,1-2H3,(H2,20,21,22,26). The third-order valence-corrected chi connectivity index (χ3v) is 3.61. The molecule has 2 aromatic rings. The van der Waals surface area contributed by atoms with Crippen molar-refractivity contribution < 1.29 is 19.0 Å². The number of anilines is 1. The Bertz CT molecular complexity index is 735. The van der Waals surface area contributed by atoms with Crippen LogP contribution in [-0.2, 0) is 4.74 Å². The van der Waals surface area contributed by atoms with Gasteiger partial charge in [-0.2, -0.15) is 0 Å². The molecule has 26 heavy (non-hydrogen) atoms. The Kier molecular flexibility index (Phi) is 7.85. The lowest BCUT2D eigenvalue weighted by molar-refractivity contribution is 0.0977. The number of rotatable bonds is 8. The zero-order chi connectivity index (χ0) is 18.8. The van der Waals surface area contributed by atoms with E-state index in [0.717, 1.165) is 0 Å². The molecule has 0 bridgehead atoms. The maximum atomic E-state index is 12.2. The molecule has 2 aromatic carbocycles. The van der Waals surface area contributed by atoms with E-state index in [1.54, 1.807) is 31.4 Å². The van der Waals surface area contributed by atoms with E-state index in [4.69, 9.17) is 26.4 Å². The van der Waals surface area contributed by atoms with Gasteiger partial charge in [-0.25, -0.2) is 0 Å². The van der Waals surface area contributed by atoms with Crippen LogP contribution in [0.4, 0.5) is 5.69 Å². The van der Waals surface area contributed by atoms with Gasteiger partial charge in [0.2, 0.25) is 0 Å². The van der Waals surface area contributed by atoms with Crippen LogP contribution in [0.2, 0.25) is 0 Å². The fraction of sp³-hybridized carbons (Fsp3) is 0.263. The van der Waals surface area contributed by atoms with E-state index in [-0.39, 0.29) is 11.0 Å². The van der Waals surface area contributed by atoms with Gasteiger partial charge in [0.05, 0.1) is 19.4 Å². The number of para-hydroxylation sites is 2. The minimum absolute atomic E-state index is 0.187. The molecule has 0 saturated carbocycles. The normalized spacial score (nSPS) is 10.1. The Morgan fingerprint density at radius 1 is 1.08 bits per heavy atom. The van der Waals surface area contributed by atoms with Gasteiger partial charge in [-0.15, -0.1) is 0 Å². The van der Waals surface area contributed by atoms with Gasteiger partial charge in [-0.3, -0.25) is 10.1 Å². The molecule has 7 heteroatoms. The minimum atomic E-state index is -0.306. The Labute approximate surface area is 158 Å². The number of ether oxygens (including phenoxy) is 3. The molecule has 0 atom stereocenters. The maximum absolute atomic E-state index is 12.2. The summed E-state index contributed by atoms with van der Waals surface area (Å²) in [6.45, 7) is 3.51. The zero-order valence-corrected chi connectivity index (χ0v) is 15.6. The molecule has 1 amide bonds. The molecule has 2 N–H and O–H groups in total. The summed E-state index contributed by atoms with van der Waals surface area (Å²) in [5, 5.41) is 5.82. The van der Waals surface area contributed by atoms with Crippen LogP contribution in [0.5, 0.6) is 11.5 Å². The summed E-state index contributed by atoms with van der Waals surface area (Å²) < 4.78 is 16.0. The van der Waals surface area contributed by atoms with Gasteiger partial charge in [0, 0.05) is 12.2 Å². The largest absolute Gasteiger partial charge is 0.497 e. The van der Waals surface area contributed by atoms with E-state index < -0.39 is 0 Å². The number of thiocarbonyl (C=S) groups is 1. The summed E-state index contributed by atoms with van der Waals surface area (Å²) >= 11 is 5.23. The van der Waals surface area contributed by atoms with E-state index in [2.05, 4.69) is 10.6 Å². The number of nitrogens with one attached hydrogen (secondary N) is 2. The van der Waals surface area contributed by atoms with E-state index in [1.807, 2.05) is 31.2 Å². The van der Waals surface area contributed by atoms with Crippen LogP contribution in [0.15, 0.2) is 48.5 Å². The van der Waals surface area contributed by atoms with Crippen LogP contribution in [0, 0.1) is 0 Å². The van der Waals surface area contributed by atoms with Crippen LogP contribution in [0.3, 0.4) is 0 Å². The van der Waals surface area contributed by atoms with E-state index in [1.165, 1.54) is 0 Å². The second kappa shape index (κ2) is 10.4. The van der Waals surface area contributed by atoms with Crippen LogP contribution < -0.4 is 20.1 Å². The van der Waals surface area contributed by atoms with Crippen molar-refractivity contribution in [2.45, 2.75) is 6.92 Å². The van der Waals surface area contributed by atoms with Crippen molar-refractivity contribution in [2.24, 2.45) is 0 Å². The highest BCUT2D eigenvalue weighted by Gasteiger charge is 2.10. The van der Waals surface area contributed by atoms with E-state index in [9.17, 15) is 4.79 Å². The topological polar surface area (TPSA) is 68.8 Å². The molecule has 0 aromatic heterocycles. The van der Waals surface area contributed by atoms with Crippen molar-refractivity contribution in [1.29, 1.82) is 0 Å². The smallest absolute Gasteiger partial charge is 0.257 e. The molecular weight excluding hydrogens is 352 g/mol.